The molecule has 0 radical (unpaired) electrons. The van der Waals surface area contributed by atoms with Crippen LogP contribution >= 0.6 is 0 Å². The molecule has 86 valence electrons. The molecule has 0 fully saturated rings. The fourth-order valence-electron chi connectivity index (χ4n) is 0.568. The van der Waals surface area contributed by atoms with Crippen LogP contribution in [0.2, 0.25) is 0 Å². The lowest BCUT2D eigenvalue weighted by Gasteiger charge is -1.91. The number of allylic oxidation sites excluding steroid dienone is 1. The average molecular weight is 214 g/mol. The Hall–Kier alpha value is -1.58. The second-order valence-corrected chi connectivity index (χ2v) is 2.87. The van der Waals surface area contributed by atoms with Crippen molar-refractivity contribution in [2.75, 3.05) is 7.11 Å². The van der Waals surface area contributed by atoms with Gasteiger partial charge in [0, 0.05) is 11.1 Å². The molecule has 4 heteroatoms. The third kappa shape index (κ3) is 10.3. The molecule has 0 aromatic carbocycles. The van der Waals surface area contributed by atoms with Crippen LogP contribution in [0.3, 0.4) is 0 Å². The molecule has 0 unspecified atom stereocenters. The van der Waals surface area contributed by atoms with Crippen LogP contribution in [-0.4, -0.2) is 24.2 Å². The molecular formula is C11H18O4. The van der Waals surface area contributed by atoms with E-state index in [1.165, 1.54) is 7.11 Å². The molecule has 0 atom stereocenters. The maximum absolute atomic E-state index is 10.2. The van der Waals surface area contributed by atoms with Gasteiger partial charge in [-0.1, -0.05) is 19.6 Å². The van der Waals surface area contributed by atoms with Crippen molar-refractivity contribution in [2.45, 2.75) is 27.2 Å². The highest BCUT2D eigenvalue weighted by atomic mass is 16.5. The van der Waals surface area contributed by atoms with Crippen LogP contribution in [0.1, 0.15) is 27.2 Å². The van der Waals surface area contributed by atoms with Crippen LogP contribution in [0.15, 0.2) is 23.8 Å². The molecule has 0 saturated carbocycles. The van der Waals surface area contributed by atoms with Gasteiger partial charge < -0.3 is 9.84 Å². The minimum Gasteiger partial charge on any atom is -0.478 e. The van der Waals surface area contributed by atoms with Gasteiger partial charge in [-0.3, -0.25) is 0 Å². The van der Waals surface area contributed by atoms with Gasteiger partial charge in [0.15, 0.2) is 0 Å². The van der Waals surface area contributed by atoms with E-state index in [1.807, 2.05) is 6.92 Å². The quantitative estimate of drug-likeness (QED) is 0.577. The SMILES string of the molecule is C=C(C)C(=O)OC.CC/C=C(\C)C(=O)O. The van der Waals surface area contributed by atoms with E-state index in [9.17, 15) is 9.59 Å². The summed E-state index contributed by atoms with van der Waals surface area (Å²) in [6, 6.07) is 0. The summed E-state index contributed by atoms with van der Waals surface area (Å²) in [5.74, 6) is -1.17. The summed E-state index contributed by atoms with van der Waals surface area (Å²) in [7, 11) is 1.33. The van der Waals surface area contributed by atoms with E-state index in [1.54, 1.807) is 19.9 Å². The van der Waals surface area contributed by atoms with Crippen LogP contribution < -0.4 is 0 Å². The number of rotatable bonds is 3. The highest BCUT2D eigenvalue weighted by molar-refractivity contribution is 5.86. The Bertz CT molecular complexity index is 264. The van der Waals surface area contributed by atoms with Gasteiger partial charge in [0.2, 0.25) is 0 Å². The zero-order valence-corrected chi connectivity index (χ0v) is 9.66. The Kier molecular flexibility index (Phi) is 9.52. The van der Waals surface area contributed by atoms with E-state index in [0.717, 1.165) is 6.42 Å². The molecule has 0 amide bonds. The first-order chi connectivity index (χ1) is 6.86. The van der Waals surface area contributed by atoms with E-state index in [-0.39, 0.29) is 5.97 Å². The van der Waals surface area contributed by atoms with Gasteiger partial charge in [0.05, 0.1) is 7.11 Å². The second kappa shape index (κ2) is 8.99. The number of carboxylic acid groups (broad SMARTS) is 1. The summed E-state index contributed by atoms with van der Waals surface area (Å²) in [6.07, 6.45) is 2.47. The lowest BCUT2D eigenvalue weighted by atomic mass is 10.2. The predicted octanol–water partition coefficient (Wildman–Crippen LogP) is 2.16. The van der Waals surface area contributed by atoms with Crippen molar-refractivity contribution in [2.24, 2.45) is 0 Å². The third-order valence-corrected chi connectivity index (χ3v) is 1.38. The van der Waals surface area contributed by atoms with Crippen LogP contribution in [0.4, 0.5) is 0 Å². The van der Waals surface area contributed by atoms with Gasteiger partial charge in [0.25, 0.3) is 0 Å². The van der Waals surface area contributed by atoms with Crippen LogP contribution in [0.5, 0.6) is 0 Å². The molecule has 0 aliphatic rings. The zero-order chi connectivity index (χ0) is 12.4. The Labute approximate surface area is 90.2 Å². The lowest BCUT2D eigenvalue weighted by Crippen LogP contribution is -1.98. The van der Waals surface area contributed by atoms with Crippen LogP contribution in [0, 0.1) is 0 Å². The van der Waals surface area contributed by atoms with E-state index < -0.39 is 5.97 Å². The first-order valence-corrected chi connectivity index (χ1v) is 4.50. The highest BCUT2D eigenvalue weighted by Gasteiger charge is 1.95. The number of methoxy groups -OCH3 is 1. The largest absolute Gasteiger partial charge is 0.478 e. The Morgan fingerprint density at radius 1 is 1.40 bits per heavy atom. The number of hydrogen-bond acceptors (Lipinski definition) is 3. The van der Waals surface area contributed by atoms with Gasteiger partial charge >= 0.3 is 11.9 Å². The number of aliphatic carboxylic acids is 1. The van der Waals surface area contributed by atoms with E-state index in [0.29, 0.717) is 11.1 Å². The zero-order valence-electron chi connectivity index (χ0n) is 9.66. The molecule has 0 aromatic heterocycles. The number of hydrogen-bond donors (Lipinski definition) is 1. The summed E-state index contributed by atoms with van der Waals surface area (Å²) < 4.78 is 4.27. The third-order valence-electron chi connectivity index (χ3n) is 1.38. The molecule has 0 rings (SSSR count). The summed E-state index contributed by atoms with van der Waals surface area (Å²) >= 11 is 0. The van der Waals surface area contributed by atoms with Crippen molar-refractivity contribution in [3.05, 3.63) is 23.8 Å². The molecule has 0 aromatic rings. The molecular weight excluding hydrogens is 196 g/mol. The topological polar surface area (TPSA) is 63.6 Å². The van der Waals surface area contributed by atoms with Crippen molar-refractivity contribution >= 4 is 11.9 Å². The second-order valence-electron chi connectivity index (χ2n) is 2.87. The van der Waals surface area contributed by atoms with Gasteiger partial charge in [-0.05, 0) is 20.3 Å². The number of ether oxygens (including phenoxy) is 1. The molecule has 0 bridgehead atoms. The van der Waals surface area contributed by atoms with Crippen molar-refractivity contribution in [3.63, 3.8) is 0 Å². The van der Waals surface area contributed by atoms with Gasteiger partial charge in [-0.2, -0.15) is 0 Å². The van der Waals surface area contributed by atoms with E-state index in [2.05, 4.69) is 11.3 Å². The minimum atomic E-state index is -0.827. The summed E-state index contributed by atoms with van der Waals surface area (Å²) in [6.45, 7) is 8.45. The Balaban J connectivity index is 0. The smallest absolute Gasteiger partial charge is 0.332 e. The molecule has 4 nitrogen and oxygen atoms in total. The molecule has 0 aliphatic heterocycles. The Morgan fingerprint density at radius 3 is 1.93 bits per heavy atom. The van der Waals surface area contributed by atoms with E-state index >= 15 is 0 Å². The first-order valence-electron chi connectivity index (χ1n) is 4.50. The number of carbonyl (C=O) groups is 2. The number of esters is 1. The van der Waals surface area contributed by atoms with Crippen molar-refractivity contribution < 1.29 is 19.4 Å². The lowest BCUT2D eigenvalue weighted by molar-refractivity contribution is -0.136. The van der Waals surface area contributed by atoms with Crippen molar-refractivity contribution in [1.29, 1.82) is 0 Å². The van der Waals surface area contributed by atoms with Crippen LogP contribution in [-0.2, 0) is 14.3 Å². The number of carboxylic acids is 1. The standard InChI is InChI=1S/C6H10O2.C5H8O2/c1-3-4-5(2)6(7)8;1-4(2)5(6)7-3/h4H,3H2,1-2H3,(H,7,8);1H2,2-3H3/b5-4+;. The minimum absolute atomic E-state index is 0.347. The van der Waals surface area contributed by atoms with Crippen molar-refractivity contribution in [1.82, 2.24) is 0 Å². The Morgan fingerprint density at radius 2 is 1.87 bits per heavy atom. The fraction of sp³-hybridized carbons (Fsp3) is 0.455. The van der Waals surface area contributed by atoms with Gasteiger partial charge in [0.1, 0.15) is 0 Å². The van der Waals surface area contributed by atoms with Crippen LogP contribution in [0.25, 0.3) is 0 Å². The number of carbonyl (C=O) groups excluding carboxylic acids is 1. The molecule has 0 heterocycles. The monoisotopic (exact) mass is 214 g/mol. The summed E-state index contributed by atoms with van der Waals surface area (Å²) in [5, 5.41) is 8.24. The molecule has 0 aliphatic carbocycles. The molecule has 0 saturated heterocycles. The van der Waals surface area contributed by atoms with Crippen molar-refractivity contribution in [3.8, 4) is 0 Å². The first kappa shape index (κ1) is 15.9. The normalized spacial score (nSPS) is 9.73. The summed E-state index contributed by atoms with van der Waals surface area (Å²) in [5.41, 5.74) is 0.856. The fourth-order valence-corrected chi connectivity index (χ4v) is 0.568. The molecule has 15 heavy (non-hydrogen) atoms. The van der Waals surface area contributed by atoms with Gasteiger partial charge in [-0.25, -0.2) is 9.59 Å². The maximum Gasteiger partial charge on any atom is 0.332 e. The predicted molar refractivity (Wildman–Crippen MR) is 58.5 cm³/mol. The highest BCUT2D eigenvalue weighted by Crippen LogP contribution is 1.92. The molecule has 0 spiro atoms. The van der Waals surface area contributed by atoms with E-state index in [4.69, 9.17) is 5.11 Å². The maximum atomic E-state index is 10.2. The average Bonchev–Trinajstić information content (AvgIpc) is 2.17. The summed E-state index contributed by atoms with van der Waals surface area (Å²) in [4.78, 5) is 20.2. The van der Waals surface area contributed by atoms with Gasteiger partial charge in [-0.15, -0.1) is 0 Å². The molecule has 1 N–H and O–H groups in total.